The Hall–Kier alpha value is -1.48. The summed E-state index contributed by atoms with van der Waals surface area (Å²) >= 11 is 3.54. The molecular weight excluding hydrogens is 252 g/mol. The maximum Gasteiger partial charge on any atom is 0.0443 e. The van der Waals surface area contributed by atoms with Crippen molar-refractivity contribution in [1.82, 2.24) is 9.97 Å². The first-order chi connectivity index (χ1) is 7.36. The van der Waals surface area contributed by atoms with Crippen molar-refractivity contribution < 1.29 is 0 Å². The van der Waals surface area contributed by atoms with Gasteiger partial charge in [0.25, 0.3) is 0 Å². The minimum Gasteiger partial charge on any atom is -0.264 e. The van der Waals surface area contributed by atoms with E-state index < -0.39 is 0 Å². The number of hydrogen-bond donors (Lipinski definition) is 0. The fourth-order valence-electron chi connectivity index (χ4n) is 1.81. The number of fused-ring (bicyclic) bond motifs is 3. The summed E-state index contributed by atoms with van der Waals surface area (Å²) in [5.74, 6) is 0. The molecule has 72 valence electrons. The van der Waals surface area contributed by atoms with E-state index in [9.17, 15) is 0 Å². The van der Waals surface area contributed by atoms with E-state index in [0.717, 1.165) is 15.2 Å². The number of hydrogen-bond acceptors (Lipinski definition) is 2. The summed E-state index contributed by atoms with van der Waals surface area (Å²) in [4.78, 5) is 8.28. The van der Waals surface area contributed by atoms with Gasteiger partial charge in [-0.3, -0.25) is 9.97 Å². The van der Waals surface area contributed by atoms with Crippen LogP contribution < -0.4 is 0 Å². The van der Waals surface area contributed by atoms with Crippen molar-refractivity contribution in [3.63, 3.8) is 0 Å². The first kappa shape index (κ1) is 8.80. The lowest BCUT2D eigenvalue weighted by molar-refractivity contribution is 1.34. The molecule has 2 heterocycles. The molecule has 0 N–H and O–H groups in total. The highest BCUT2D eigenvalue weighted by molar-refractivity contribution is 9.10. The second-order valence-corrected chi connectivity index (χ2v) is 4.24. The third-order valence-electron chi connectivity index (χ3n) is 2.49. The molecule has 0 spiro atoms. The summed E-state index contributed by atoms with van der Waals surface area (Å²) in [7, 11) is 0. The smallest absolute Gasteiger partial charge is 0.0443 e. The number of aromatic nitrogens is 2. The molecule has 0 saturated heterocycles. The maximum atomic E-state index is 4.16. The third-order valence-corrected chi connectivity index (χ3v) is 3.09. The van der Waals surface area contributed by atoms with Crippen molar-refractivity contribution in [2.24, 2.45) is 0 Å². The van der Waals surface area contributed by atoms with Crippen LogP contribution in [0.3, 0.4) is 0 Å². The fourth-order valence-corrected chi connectivity index (χ4v) is 2.37. The largest absolute Gasteiger partial charge is 0.264 e. The molecule has 0 radical (unpaired) electrons. The van der Waals surface area contributed by atoms with Crippen molar-refractivity contribution in [2.45, 2.75) is 0 Å². The zero-order chi connectivity index (χ0) is 10.3. The van der Waals surface area contributed by atoms with Gasteiger partial charge in [-0.1, -0.05) is 12.1 Å². The minimum absolute atomic E-state index is 1.02. The number of rotatable bonds is 0. The second-order valence-electron chi connectivity index (χ2n) is 3.38. The van der Waals surface area contributed by atoms with Gasteiger partial charge in [-0.2, -0.15) is 0 Å². The Kier molecular flexibility index (Phi) is 1.92. The van der Waals surface area contributed by atoms with E-state index in [1.807, 2.05) is 30.9 Å². The average molecular weight is 259 g/mol. The molecule has 3 rings (SSSR count). The fraction of sp³-hybridized carbons (Fsp3) is 0. The Bertz CT molecular complexity index is 649. The first-order valence-electron chi connectivity index (χ1n) is 4.62. The topological polar surface area (TPSA) is 25.8 Å². The number of pyridine rings is 2. The van der Waals surface area contributed by atoms with Crippen LogP contribution >= 0.6 is 15.9 Å². The Labute approximate surface area is 95.1 Å². The van der Waals surface area contributed by atoms with Gasteiger partial charge in [0, 0.05) is 45.4 Å². The second kappa shape index (κ2) is 3.28. The van der Waals surface area contributed by atoms with E-state index in [1.165, 1.54) is 10.8 Å². The molecule has 3 aromatic rings. The minimum atomic E-state index is 1.02. The summed E-state index contributed by atoms with van der Waals surface area (Å²) in [6, 6.07) is 6.17. The van der Waals surface area contributed by atoms with E-state index in [4.69, 9.17) is 0 Å². The SMILES string of the molecule is Brc1cncc2ccc3cnccc3c12. The molecule has 0 aliphatic heterocycles. The molecular formula is C12H7BrN2. The Balaban J connectivity index is 2.64. The molecule has 0 amide bonds. The molecule has 0 fully saturated rings. The van der Waals surface area contributed by atoms with Gasteiger partial charge < -0.3 is 0 Å². The zero-order valence-electron chi connectivity index (χ0n) is 7.81. The Morgan fingerprint density at radius 3 is 2.60 bits per heavy atom. The monoisotopic (exact) mass is 258 g/mol. The quantitative estimate of drug-likeness (QED) is 0.577. The van der Waals surface area contributed by atoms with Crippen LogP contribution in [0.15, 0.2) is 47.5 Å². The van der Waals surface area contributed by atoms with E-state index in [0.29, 0.717) is 0 Å². The first-order valence-corrected chi connectivity index (χ1v) is 5.41. The molecule has 0 unspecified atom stereocenters. The van der Waals surface area contributed by atoms with Crippen molar-refractivity contribution in [1.29, 1.82) is 0 Å². The van der Waals surface area contributed by atoms with Crippen LogP contribution in [0.1, 0.15) is 0 Å². The summed E-state index contributed by atoms with van der Waals surface area (Å²) in [6.07, 6.45) is 7.39. The predicted octanol–water partition coefficient (Wildman–Crippen LogP) is 3.55. The molecule has 1 aromatic carbocycles. The Morgan fingerprint density at radius 1 is 0.867 bits per heavy atom. The predicted molar refractivity (Wildman–Crippen MR) is 64.7 cm³/mol. The summed E-state index contributed by atoms with van der Waals surface area (Å²) in [5, 5.41) is 4.70. The normalized spacial score (nSPS) is 11.0. The molecule has 2 aromatic heterocycles. The van der Waals surface area contributed by atoms with Crippen LogP contribution in [0.5, 0.6) is 0 Å². The van der Waals surface area contributed by atoms with Gasteiger partial charge in [0.15, 0.2) is 0 Å². The lowest BCUT2D eigenvalue weighted by atomic mass is 10.1. The van der Waals surface area contributed by atoms with Gasteiger partial charge in [0.2, 0.25) is 0 Å². The van der Waals surface area contributed by atoms with Gasteiger partial charge in [0.05, 0.1) is 0 Å². The number of halogens is 1. The molecule has 0 aliphatic carbocycles. The van der Waals surface area contributed by atoms with Crippen LogP contribution in [0.2, 0.25) is 0 Å². The van der Waals surface area contributed by atoms with Crippen LogP contribution in [-0.2, 0) is 0 Å². The van der Waals surface area contributed by atoms with Crippen molar-refractivity contribution >= 4 is 37.5 Å². The Morgan fingerprint density at radius 2 is 1.67 bits per heavy atom. The van der Waals surface area contributed by atoms with Gasteiger partial charge >= 0.3 is 0 Å². The van der Waals surface area contributed by atoms with Gasteiger partial charge in [-0.25, -0.2) is 0 Å². The van der Waals surface area contributed by atoms with E-state index >= 15 is 0 Å². The number of nitrogens with zero attached hydrogens (tertiary/aromatic N) is 2. The lowest BCUT2D eigenvalue weighted by Gasteiger charge is -2.04. The molecule has 0 atom stereocenters. The average Bonchev–Trinajstić information content (AvgIpc) is 2.29. The van der Waals surface area contributed by atoms with E-state index in [2.05, 4.69) is 38.0 Å². The molecule has 3 heteroatoms. The third kappa shape index (κ3) is 1.31. The molecule has 0 bridgehead atoms. The molecule has 0 saturated carbocycles. The summed E-state index contributed by atoms with van der Waals surface area (Å²) in [5.41, 5.74) is 0. The standard InChI is InChI=1S/C12H7BrN2/c13-11-7-15-6-9-2-1-8-5-14-4-3-10(8)12(9)11/h1-7H. The van der Waals surface area contributed by atoms with Gasteiger partial charge in [-0.05, 0) is 27.4 Å². The van der Waals surface area contributed by atoms with Crippen molar-refractivity contribution in [3.05, 3.63) is 47.5 Å². The molecule has 15 heavy (non-hydrogen) atoms. The molecule has 0 aliphatic rings. The highest BCUT2D eigenvalue weighted by Crippen LogP contribution is 2.29. The summed E-state index contributed by atoms with van der Waals surface area (Å²) < 4.78 is 1.02. The highest BCUT2D eigenvalue weighted by atomic mass is 79.9. The van der Waals surface area contributed by atoms with E-state index in [-0.39, 0.29) is 0 Å². The van der Waals surface area contributed by atoms with Crippen LogP contribution in [-0.4, -0.2) is 9.97 Å². The van der Waals surface area contributed by atoms with Crippen molar-refractivity contribution in [3.8, 4) is 0 Å². The van der Waals surface area contributed by atoms with Crippen LogP contribution in [0.4, 0.5) is 0 Å². The maximum absolute atomic E-state index is 4.16. The lowest BCUT2D eigenvalue weighted by Crippen LogP contribution is -1.81. The van der Waals surface area contributed by atoms with Gasteiger partial charge in [-0.15, -0.1) is 0 Å². The van der Waals surface area contributed by atoms with E-state index in [1.54, 1.807) is 0 Å². The number of benzene rings is 1. The molecule has 2 nitrogen and oxygen atoms in total. The zero-order valence-corrected chi connectivity index (χ0v) is 9.40. The summed E-state index contributed by atoms with van der Waals surface area (Å²) in [6.45, 7) is 0. The highest BCUT2D eigenvalue weighted by Gasteiger charge is 2.03. The van der Waals surface area contributed by atoms with Crippen LogP contribution in [0.25, 0.3) is 21.5 Å². The van der Waals surface area contributed by atoms with Crippen LogP contribution in [0, 0.1) is 0 Å². The van der Waals surface area contributed by atoms with Gasteiger partial charge in [0.1, 0.15) is 0 Å². The van der Waals surface area contributed by atoms with Crippen molar-refractivity contribution in [2.75, 3.05) is 0 Å².